The Morgan fingerprint density at radius 1 is 1.36 bits per heavy atom. The van der Waals surface area contributed by atoms with Crippen molar-refractivity contribution in [2.45, 2.75) is 24.8 Å². The first-order valence-corrected chi connectivity index (χ1v) is 7.82. The van der Waals surface area contributed by atoms with E-state index in [-0.39, 0.29) is 17.6 Å². The predicted octanol–water partition coefficient (Wildman–Crippen LogP) is 1.80. The van der Waals surface area contributed by atoms with Crippen LogP contribution >= 0.6 is 11.8 Å². The molecule has 2 amide bonds. The lowest BCUT2D eigenvalue weighted by Crippen LogP contribution is -2.16. The van der Waals surface area contributed by atoms with Gasteiger partial charge in [-0.3, -0.25) is 14.3 Å². The quantitative estimate of drug-likeness (QED) is 0.762. The van der Waals surface area contributed by atoms with E-state index in [9.17, 15) is 9.59 Å². The number of nitrogens with two attached hydrogens (primary N) is 1. The summed E-state index contributed by atoms with van der Waals surface area (Å²) in [5, 5.41) is 7.00. The molecule has 0 saturated carbocycles. The highest BCUT2D eigenvalue weighted by Gasteiger charge is 2.08. The second-order valence-electron chi connectivity index (χ2n) is 4.83. The monoisotopic (exact) mass is 318 g/mol. The summed E-state index contributed by atoms with van der Waals surface area (Å²) < 4.78 is 1.74. The first-order valence-electron chi connectivity index (χ1n) is 6.83. The minimum Gasteiger partial charge on any atom is -0.369 e. The highest BCUT2D eigenvalue weighted by molar-refractivity contribution is 8.00. The zero-order valence-electron chi connectivity index (χ0n) is 12.3. The van der Waals surface area contributed by atoms with Crippen LogP contribution in [0.1, 0.15) is 12.0 Å². The molecule has 7 heteroatoms. The second kappa shape index (κ2) is 7.65. The number of benzene rings is 1. The van der Waals surface area contributed by atoms with E-state index in [1.807, 2.05) is 31.3 Å². The summed E-state index contributed by atoms with van der Waals surface area (Å²) in [4.78, 5) is 23.7. The SMILES string of the molecule is Cc1cnn(CCC(=O)Nc2ccccc2SCC(N)=O)c1. The summed E-state index contributed by atoms with van der Waals surface area (Å²) in [5.74, 6) is -0.306. The van der Waals surface area contributed by atoms with Crippen molar-refractivity contribution < 1.29 is 9.59 Å². The first-order chi connectivity index (χ1) is 10.5. The van der Waals surface area contributed by atoms with Crippen LogP contribution in [0.15, 0.2) is 41.6 Å². The van der Waals surface area contributed by atoms with Crippen LogP contribution in [-0.2, 0) is 16.1 Å². The summed E-state index contributed by atoms with van der Waals surface area (Å²) in [6.07, 6.45) is 3.98. The smallest absolute Gasteiger partial charge is 0.227 e. The molecule has 1 heterocycles. The van der Waals surface area contributed by atoms with Crippen molar-refractivity contribution in [2.75, 3.05) is 11.1 Å². The maximum absolute atomic E-state index is 12.0. The van der Waals surface area contributed by atoms with Gasteiger partial charge < -0.3 is 11.1 Å². The second-order valence-corrected chi connectivity index (χ2v) is 5.85. The summed E-state index contributed by atoms with van der Waals surface area (Å²) >= 11 is 1.31. The maximum Gasteiger partial charge on any atom is 0.227 e. The third-order valence-corrected chi connectivity index (χ3v) is 3.96. The minimum atomic E-state index is -0.389. The average Bonchev–Trinajstić information content (AvgIpc) is 2.90. The molecule has 0 radical (unpaired) electrons. The fraction of sp³-hybridized carbons (Fsp3) is 0.267. The van der Waals surface area contributed by atoms with Crippen LogP contribution in [0.5, 0.6) is 0 Å². The Bertz CT molecular complexity index is 669. The van der Waals surface area contributed by atoms with E-state index in [4.69, 9.17) is 5.73 Å². The molecule has 3 N–H and O–H groups in total. The van der Waals surface area contributed by atoms with Crippen LogP contribution in [0.25, 0.3) is 0 Å². The Morgan fingerprint density at radius 3 is 2.82 bits per heavy atom. The van der Waals surface area contributed by atoms with Gasteiger partial charge in [0.2, 0.25) is 11.8 Å². The number of carbonyl (C=O) groups excluding carboxylic acids is 2. The molecule has 22 heavy (non-hydrogen) atoms. The number of hydrogen-bond acceptors (Lipinski definition) is 4. The van der Waals surface area contributed by atoms with Crippen LogP contribution in [0.3, 0.4) is 0 Å². The van der Waals surface area contributed by atoms with Gasteiger partial charge >= 0.3 is 0 Å². The molecule has 1 aromatic heterocycles. The van der Waals surface area contributed by atoms with Crippen molar-refractivity contribution in [2.24, 2.45) is 5.73 Å². The summed E-state index contributed by atoms with van der Waals surface area (Å²) in [7, 11) is 0. The van der Waals surface area contributed by atoms with Crippen molar-refractivity contribution >= 4 is 29.3 Å². The summed E-state index contributed by atoms with van der Waals surface area (Å²) in [5.41, 5.74) is 6.90. The molecule has 0 fully saturated rings. The molecule has 0 aliphatic rings. The van der Waals surface area contributed by atoms with Crippen molar-refractivity contribution in [3.05, 3.63) is 42.2 Å². The number of para-hydroxylation sites is 1. The molecular formula is C15H18N4O2S. The topological polar surface area (TPSA) is 90.0 Å². The van der Waals surface area contributed by atoms with E-state index in [2.05, 4.69) is 10.4 Å². The van der Waals surface area contributed by atoms with Crippen LogP contribution in [0.2, 0.25) is 0 Å². The van der Waals surface area contributed by atoms with Gasteiger partial charge in [-0.1, -0.05) is 12.1 Å². The molecule has 0 aliphatic carbocycles. The van der Waals surface area contributed by atoms with Gasteiger partial charge in [0.15, 0.2) is 0 Å². The number of anilines is 1. The molecular weight excluding hydrogens is 300 g/mol. The highest BCUT2D eigenvalue weighted by atomic mass is 32.2. The standard InChI is InChI=1S/C15H18N4O2S/c1-11-8-17-19(9-11)7-6-15(21)18-12-4-2-3-5-13(12)22-10-14(16)20/h2-5,8-9H,6-7,10H2,1H3,(H2,16,20)(H,18,21). The molecule has 0 spiro atoms. The first kappa shape index (κ1) is 16.1. The number of aryl methyl sites for hydroxylation is 2. The van der Waals surface area contributed by atoms with E-state index in [0.717, 1.165) is 10.5 Å². The lowest BCUT2D eigenvalue weighted by Gasteiger charge is -2.10. The number of aromatic nitrogens is 2. The van der Waals surface area contributed by atoms with Crippen LogP contribution < -0.4 is 11.1 Å². The van der Waals surface area contributed by atoms with Gasteiger partial charge in [-0.05, 0) is 24.6 Å². The molecule has 1 aromatic carbocycles. The number of rotatable bonds is 7. The largest absolute Gasteiger partial charge is 0.369 e. The molecule has 6 nitrogen and oxygen atoms in total. The van der Waals surface area contributed by atoms with Gasteiger partial charge in [-0.25, -0.2) is 0 Å². The van der Waals surface area contributed by atoms with E-state index in [1.165, 1.54) is 11.8 Å². The number of hydrogen-bond donors (Lipinski definition) is 2. The number of primary amides is 1. The fourth-order valence-electron chi connectivity index (χ4n) is 1.86. The predicted molar refractivity (Wildman–Crippen MR) is 86.6 cm³/mol. The zero-order valence-corrected chi connectivity index (χ0v) is 13.1. The Kier molecular flexibility index (Phi) is 5.60. The van der Waals surface area contributed by atoms with Crippen molar-refractivity contribution in [3.8, 4) is 0 Å². The third-order valence-electron chi connectivity index (χ3n) is 2.86. The Hall–Kier alpha value is -2.28. The highest BCUT2D eigenvalue weighted by Crippen LogP contribution is 2.26. The third kappa shape index (κ3) is 4.92. The molecule has 0 saturated heterocycles. The van der Waals surface area contributed by atoms with Gasteiger partial charge in [0, 0.05) is 24.1 Å². The lowest BCUT2D eigenvalue weighted by atomic mass is 10.3. The Morgan fingerprint density at radius 2 is 2.14 bits per heavy atom. The van der Waals surface area contributed by atoms with Crippen molar-refractivity contribution in [1.82, 2.24) is 9.78 Å². The van der Waals surface area contributed by atoms with Crippen LogP contribution in [0.4, 0.5) is 5.69 Å². The van der Waals surface area contributed by atoms with E-state index < -0.39 is 0 Å². The molecule has 2 rings (SSSR count). The van der Waals surface area contributed by atoms with Crippen molar-refractivity contribution in [1.29, 1.82) is 0 Å². The van der Waals surface area contributed by atoms with E-state index in [0.29, 0.717) is 18.7 Å². The van der Waals surface area contributed by atoms with Crippen molar-refractivity contribution in [3.63, 3.8) is 0 Å². The normalized spacial score (nSPS) is 10.4. The molecule has 0 unspecified atom stereocenters. The lowest BCUT2D eigenvalue weighted by molar-refractivity contribution is -0.116. The molecule has 0 aliphatic heterocycles. The number of nitrogens with one attached hydrogen (secondary N) is 1. The number of thioether (sulfide) groups is 1. The number of carbonyl (C=O) groups is 2. The number of amides is 2. The molecule has 0 bridgehead atoms. The fourth-order valence-corrected chi connectivity index (χ4v) is 2.61. The molecule has 0 atom stereocenters. The summed E-state index contributed by atoms with van der Waals surface area (Å²) in [6.45, 7) is 2.48. The van der Waals surface area contributed by atoms with Gasteiger partial charge in [0.1, 0.15) is 0 Å². The van der Waals surface area contributed by atoms with Gasteiger partial charge in [0.25, 0.3) is 0 Å². The van der Waals surface area contributed by atoms with Gasteiger partial charge in [-0.15, -0.1) is 11.8 Å². The van der Waals surface area contributed by atoms with Gasteiger partial charge in [0.05, 0.1) is 17.6 Å². The zero-order chi connectivity index (χ0) is 15.9. The van der Waals surface area contributed by atoms with Gasteiger partial charge in [-0.2, -0.15) is 5.10 Å². The Labute approximate surface area is 133 Å². The van der Waals surface area contributed by atoms with E-state index in [1.54, 1.807) is 16.9 Å². The maximum atomic E-state index is 12.0. The van der Waals surface area contributed by atoms with E-state index >= 15 is 0 Å². The molecule has 2 aromatic rings. The van der Waals surface area contributed by atoms with Crippen LogP contribution in [-0.4, -0.2) is 27.3 Å². The number of nitrogens with zero attached hydrogens (tertiary/aromatic N) is 2. The van der Waals surface area contributed by atoms with Crippen LogP contribution in [0, 0.1) is 6.92 Å². The molecule has 116 valence electrons. The Balaban J connectivity index is 1.91. The summed E-state index contributed by atoms with van der Waals surface area (Å²) in [6, 6.07) is 7.34. The average molecular weight is 318 g/mol. The minimum absolute atomic E-state index is 0.0970.